The highest BCUT2D eigenvalue weighted by Gasteiger charge is 2.29. The molecule has 2 N–H and O–H groups in total. The van der Waals surface area contributed by atoms with Crippen LogP contribution in [0.4, 0.5) is 9.93 Å². The Bertz CT molecular complexity index is 1150. The number of nitrogens with zero attached hydrogens (tertiary/aromatic N) is 2. The number of hydrogen-bond donors (Lipinski definition) is 2. The van der Waals surface area contributed by atoms with E-state index >= 15 is 0 Å². The summed E-state index contributed by atoms with van der Waals surface area (Å²) in [6.07, 6.45) is 1.58. The molecular formula is C24H23N3O5S. The molecule has 1 aliphatic carbocycles. The smallest absolute Gasteiger partial charge is 0.413 e. The predicted molar refractivity (Wildman–Crippen MR) is 124 cm³/mol. The van der Waals surface area contributed by atoms with Crippen molar-refractivity contribution in [3.63, 3.8) is 0 Å². The van der Waals surface area contributed by atoms with Gasteiger partial charge >= 0.3 is 12.1 Å². The van der Waals surface area contributed by atoms with Gasteiger partial charge in [-0.05, 0) is 28.7 Å². The summed E-state index contributed by atoms with van der Waals surface area (Å²) >= 11 is 1.25. The summed E-state index contributed by atoms with van der Waals surface area (Å²) in [7, 11) is 1.45. The fraction of sp³-hybridized carbons (Fsp3) is 0.250. The van der Waals surface area contributed by atoms with E-state index in [1.165, 1.54) is 23.3 Å². The van der Waals surface area contributed by atoms with Gasteiger partial charge in [0, 0.05) is 30.5 Å². The molecule has 0 fully saturated rings. The van der Waals surface area contributed by atoms with Crippen molar-refractivity contribution in [3.05, 3.63) is 70.7 Å². The quantitative estimate of drug-likeness (QED) is 0.521. The number of rotatable bonds is 8. The highest BCUT2D eigenvalue weighted by Crippen LogP contribution is 2.44. The Labute approximate surface area is 194 Å². The summed E-state index contributed by atoms with van der Waals surface area (Å²) in [5.74, 6) is -1.35. The largest absolute Gasteiger partial charge is 0.480 e. The lowest BCUT2D eigenvalue weighted by Crippen LogP contribution is -2.31. The van der Waals surface area contributed by atoms with Crippen LogP contribution in [-0.2, 0) is 20.7 Å². The monoisotopic (exact) mass is 465 g/mol. The van der Waals surface area contributed by atoms with Crippen molar-refractivity contribution in [2.75, 3.05) is 25.5 Å². The molecule has 2 aromatic carbocycles. The number of thiazole rings is 1. The molecule has 2 amide bonds. The van der Waals surface area contributed by atoms with Gasteiger partial charge in [0.05, 0.1) is 0 Å². The average molecular weight is 466 g/mol. The molecule has 4 rings (SSSR count). The van der Waals surface area contributed by atoms with Gasteiger partial charge in [-0.15, -0.1) is 11.3 Å². The number of aliphatic carboxylic acids is 1. The fourth-order valence-corrected chi connectivity index (χ4v) is 4.71. The predicted octanol–water partition coefficient (Wildman–Crippen LogP) is 3.98. The number of benzene rings is 2. The van der Waals surface area contributed by atoms with Crippen molar-refractivity contribution in [1.82, 2.24) is 9.88 Å². The second-order valence-electron chi connectivity index (χ2n) is 7.73. The van der Waals surface area contributed by atoms with Gasteiger partial charge in [0.1, 0.15) is 13.2 Å². The fourth-order valence-electron chi connectivity index (χ4n) is 3.91. The van der Waals surface area contributed by atoms with Gasteiger partial charge in [0.25, 0.3) is 0 Å². The number of aryl methyl sites for hydroxylation is 1. The molecule has 0 atom stereocenters. The minimum atomic E-state index is -1.06. The number of carbonyl (C=O) groups excluding carboxylic acids is 2. The van der Waals surface area contributed by atoms with Gasteiger partial charge < -0.3 is 14.7 Å². The summed E-state index contributed by atoms with van der Waals surface area (Å²) in [4.78, 5) is 41.2. The molecule has 0 saturated heterocycles. The van der Waals surface area contributed by atoms with E-state index in [0.29, 0.717) is 11.6 Å². The SMILES string of the molecule is CN(CC(=O)O)C(=O)CCc1cnc(NC(=O)OCC2c3ccccc3-c3ccccc32)s1. The van der Waals surface area contributed by atoms with Crippen LogP contribution >= 0.6 is 11.3 Å². The molecule has 3 aromatic rings. The molecule has 0 spiro atoms. The Morgan fingerprint density at radius 3 is 2.36 bits per heavy atom. The van der Waals surface area contributed by atoms with Crippen molar-refractivity contribution >= 4 is 34.4 Å². The lowest BCUT2D eigenvalue weighted by molar-refractivity contribution is -0.143. The van der Waals surface area contributed by atoms with Crippen LogP contribution in [0.5, 0.6) is 0 Å². The van der Waals surface area contributed by atoms with E-state index < -0.39 is 12.1 Å². The number of hydrogen-bond acceptors (Lipinski definition) is 6. The molecule has 0 aliphatic heterocycles. The first kappa shape index (κ1) is 22.5. The third kappa shape index (κ3) is 5.20. The number of nitrogens with one attached hydrogen (secondary N) is 1. The Morgan fingerprint density at radius 2 is 1.73 bits per heavy atom. The average Bonchev–Trinajstić information content (AvgIpc) is 3.37. The van der Waals surface area contributed by atoms with Crippen LogP contribution in [0, 0.1) is 0 Å². The molecule has 170 valence electrons. The van der Waals surface area contributed by atoms with Crippen molar-refractivity contribution in [1.29, 1.82) is 0 Å². The standard InChI is InChI=1S/C24H23N3O5S/c1-27(13-22(29)30)21(28)11-10-15-12-25-23(33-15)26-24(31)32-14-20-18-8-4-2-6-16(18)17-7-3-5-9-19(17)20/h2-9,12,20H,10-11,13-14H2,1H3,(H,29,30)(H,25,26,31). The zero-order valence-corrected chi connectivity index (χ0v) is 18.8. The zero-order valence-electron chi connectivity index (χ0n) is 18.0. The Balaban J connectivity index is 1.30. The summed E-state index contributed by atoms with van der Waals surface area (Å²) in [5, 5.41) is 11.8. The molecule has 0 radical (unpaired) electrons. The van der Waals surface area contributed by atoms with Gasteiger partial charge in [0.2, 0.25) is 5.91 Å². The highest BCUT2D eigenvalue weighted by atomic mass is 32.1. The molecule has 0 bridgehead atoms. The van der Waals surface area contributed by atoms with E-state index in [4.69, 9.17) is 9.84 Å². The molecular weight excluding hydrogens is 442 g/mol. The number of likely N-dealkylation sites (N-methyl/N-ethyl adjacent to an activating group) is 1. The lowest BCUT2D eigenvalue weighted by atomic mass is 9.98. The first-order valence-electron chi connectivity index (χ1n) is 10.4. The molecule has 33 heavy (non-hydrogen) atoms. The molecule has 1 heterocycles. The zero-order chi connectivity index (χ0) is 23.4. The van der Waals surface area contributed by atoms with E-state index in [1.807, 2.05) is 24.3 Å². The molecule has 1 aliphatic rings. The van der Waals surface area contributed by atoms with Gasteiger partial charge in [-0.25, -0.2) is 9.78 Å². The molecule has 8 nitrogen and oxygen atoms in total. The van der Waals surface area contributed by atoms with Crippen LogP contribution in [0.15, 0.2) is 54.7 Å². The third-order valence-electron chi connectivity index (χ3n) is 5.49. The Morgan fingerprint density at radius 1 is 1.09 bits per heavy atom. The molecule has 9 heteroatoms. The first-order chi connectivity index (χ1) is 15.9. The summed E-state index contributed by atoms with van der Waals surface area (Å²) in [5.41, 5.74) is 4.60. The van der Waals surface area contributed by atoms with Crippen LogP contribution in [0.1, 0.15) is 28.3 Å². The van der Waals surface area contributed by atoms with Crippen molar-refractivity contribution in [2.24, 2.45) is 0 Å². The highest BCUT2D eigenvalue weighted by molar-refractivity contribution is 7.15. The third-order valence-corrected chi connectivity index (χ3v) is 6.46. The first-order valence-corrected chi connectivity index (χ1v) is 11.3. The van der Waals surface area contributed by atoms with Crippen molar-refractivity contribution in [2.45, 2.75) is 18.8 Å². The summed E-state index contributed by atoms with van der Waals surface area (Å²) in [6, 6.07) is 16.3. The van der Waals surface area contributed by atoms with E-state index in [0.717, 1.165) is 27.1 Å². The maximum absolute atomic E-state index is 12.4. The van der Waals surface area contributed by atoms with Crippen LogP contribution in [0.3, 0.4) is 0 Å². The van der Waals surface area contributed by atoms with Crippen LogP contribution in [-0.4, -0.2) is 53.2 Å². The minimum Gasteiger partial charge on any atom is -0.480 e. The normalized spacial score (nSPS) is 12.0. The van der Waals surface area contributed by atoms with Crippen LogP contribution in [0.2, 0.25) is 0 Å². The van der Waals surface area contributed by atoms with Gasteiger partial charge in [-0.3, -0.25) is 14.9 Å². The van der Waals surface area contributed by atoms with Crippen LogP contribution < -0.4 is 5.32 Å². The Hall–Kier alpha value is -3.72. The number of carboxylic acids is 1. The number of anilines is 1. The number of fused-ring (bicyclic) bond motifs is 3. The minimum absolute atomic E-state index is 0.0242. The Kier molecular flexibility index (Phi) is 6.69. The van der Waals surface area contributed by atoms with E-state index in [9.17, 15) is 14.4 Å². The number of aromatic nitrogens is 1. The number of carbonyl (C=O) groups is 3. The number of amides is 2. The second-order valence-corrected chi connectivity index (χ2v) is 8.84. The maximum Gasteiger partial charge on any atom is 0.413 e. The summed E-state index contributed by atoms with van der Waals surface area (Å²) in [6.45, 7) is -0.126. The van der Waals surface area contributed by atoms with E-state index in [2.05, 4.69) is 34.6 Å². The second kappa shape index (κ2) is 9.83. The lowest BCUT2D eigenvalue weighted by Gasteiger charge is -2.14. The number of carboxylic acid groups (broad SMARTS) is 1. The van der Waals surface area contributed by atoms with E-state index in [-0.39, 0.29) is 31.4 Å². The van der Waals surface area contributed by atoms with E-state index in [1.54, 1.807) is 6.20 Å². The molecule has 0 unspecified atom stereocenters. The summed E-state index contributed by atoms with van der Waals surface area (Å²) < 4.78 is 5.52. The van der Waals surface area contributed by atoms with Gasteiger partial charge in [-0.2, -0.15) is 0 Å². The van der Waals surface area contributed by atoms with Crippen molar-refractivity contribution in [3.8, 4) is 11.1 Å². The van der Waals surface area contributed by atoms with Gasteiger partial charge in [-0.1, -0.05) is 48.5 Å². The maximum atomic E-state index is 12.4. The molecule has 0 saturated carbocycles. The van der Waals surface area contributed by atoms with Crippen LogP contribution in [0.25, 0.3) is 11.1 Å². The number of ether oxygens (including phenoxy) is 1. The molecule has 1 aromatic heterocycles. The van der Waals surface area contributed by atoms with Crippen molar-refractivity contribution < 1.29 is 24.2 Å². The topological polar surface area (TPSA) is 109 Å². The van der Waals surface area contributed by atoms with Gasteiger partial charge in [0.15, 0.2) is 5.13 Å².